The molecule has 2 heteroatoms. The standard InChI is InChI=1S/C17H26ClN/c1-3-5-7-14(4-2)11-17(12-19-13-17)15-8-6-9-16(18)10-15/h6,8-10,14,19H,3-5,7,11-13H2,1-2H3. The van der Waals surface area contributed by atoms with Gasteiger partial charge in [0.2, 0.25) is 0 Å². The van der Waals surface area contributed by atoms with Gasteiger partial charge in [-0.1, -0.05) is 63.3 Å². The first-order valence-electron chi connectivity index (χ1n) is 7.67. The molecule has 0 amide bonds. The van der Waals surface area contributed by atoms with Gasteiger partial charge in [0.1, 0.15) is 0 Å². The van der Waals surface area contributed by atoms with Crippen LogP contribution in [0.2, 0.25) is 5.02 Å². The fraction of sp³-hybridized carbons (Fsp3) is 0.647. The molecule has 106 valence electrons. The molecule has 1 nitrogen and oxygen atoms in total. The minimum Gasteiger partial charge on any atom is -0.315 e. The Hall–Kier alpha value is -0.530. The topological polar surface area (TPSA) is 12.0 Å². The van der Waals surface area contributed by atoms with Gasteiger partial charge in [0.15, 0.2) is 0 Å². The third kappa shape index (κ3) is 3.52. The van der Waals surface area contributed by atoms with Crippen molar-refractivity contribution in [2.45, 2.75) is 51.4 Å². The number of hydrogen-bond acceptors (Lipinski definition) is 1. The highest BCUT2D eigenvalue weighted by Gasteiger charge is 2.39. The summed E-state index contributed by atoms with van der Waals surface area (Å²) in [5.74, 6) is 0.848. The van der Waals surface area contributed by atoms with E-state index in [4.69, 9.17) is 11.6 Å². The lowest BCUT2D eigenvalue weighted by Crippen LogP contribution is -2.57. The Balaban J connectivity index is 2.09. The number of unbranched alkanes of at least 4 members (excludes halogenated alkanes) is 1. The lowest BCUT2D eigenvalue weighted by Gasteiger charge is -2.45. The summed E-state index contributed by atoms with van der Waals surface area (Å²) in [6, 6.07) is 8.47. The van der Waals surface area contributed by atoms with E-state index in [0.29, 0.717) is 5.41 Å². The van der Waals surface area contributed by atoms with Crippen LogP contribution >= 0.6 is 11.6 Å². The number of benzene rings is 1. The SMILES string of the molecule is CCCCC(CC)CC1(c2cccc(Cl)c2)CNC1. The summed E-state index contributed by atoms with van der Waals surface area (Å²) < 4.78 is 0. The lowest BCUT2D eigenvalue weighted by atomic mass is 9.68. The van der Waals surface area contributed by atoms with Gasteiger partial charge in [-0.2, -0.15) is 0 Å². The summed E-state index contributed by atoms with van der Waals surface area (Å²) >= 11 is 6.17. The Morgan fingerprint density at radius 2 is 2.11 bits per heavy atom. The summed E-state index contributed by atoms with van der Waals surface area (Å²) in [5, 5.41) is 4.33. The third-order valence-electron chi connectivity index (χ3n) is 4.59. The van der Waals surface area contributed by atoms with Gasteiger partial charge in [0.25, 0.3) is 0 Å². The number of rotatable bonds is 7. The number of nitrogens with one attached hydrogen (secondary N) is 1. The molecule has 1 aromatic rings. The largest absolute Gasteiger partial charge is 0.315 e. The first-order chi connectivity index (χ1) is 9.20. The molecule has 0 saturated carbocycles. The zero-order valence-corrected chi connectivity index (χ0v) is 13.0. The first-order valence-corrected chi connectivity index (χ1v) is 8.05. The Labute approximate surface area is 122 Å². The minimum absolute atomic E-state index is 0.333. The molecular formula is C17H26ClN. The van der Waals surface area contributed by atoms with Crippen molar-refractivity contribution in [2.24, 2.45) is 5.92 Å². The van der Waals surface area contributed by atoms with Crippen molar-refractivity contribution >= 4 is 11.6 Å². The highest BCUT2D eigenvalue weighted by molar-refractivity contribution is 6.30. The fourth-order valence-electron chi connectivity index (χ4n) is 3.21. The molecule has 1 atom stereocenters. The van der Waals surface area contributed by atoms with Crippen LogP contribution < -0.4 is 5.32 Å². The zero-order chi connectivity index (χ0) is 13.7. The van der Waals surface area contributed by atoms with Crippen molar-refractivity contribution in [1.29, 1.82) is 0 Å². The normalized spacial score (nSPS) is 18.9. The van der Waals surface area contributed by atoms with E-state index in [9.17, 15) is 0 Å². The van der Waals surface area contributed by atoms with E-state index < -0.39 is 0 Å². The maximum Gasteiger partial charge on any atom is 0.0408 e. The van der Waals surface area contributed by atoms with Crippen LogP contribution in [-0.4, -0.2) is 13.1 Å². The van der Waals surface area contributed by atoms with Crippen LogP contribution in [-0.2, 0) is 5.41 Å². The molecule has 0 bridgehead atoms. The summed E-state index contributed by atoms with van der Waals surface area (Å²) in [7, 11) is 0. The van der Waals surface area contributed by atoms with Crippen molar-refractivity contribution in [3.8, 4) is 0 Å². The van der Waals surface area contributed by atoms with Crippen LogP contribution in [0.1, 0.15) is 51.5 Å². The van der Waals surface area contributed by atoms with E-state index in [0.717, 1.165) is 24.0 Å². The lowest BCUT2D eigenvalue weighted by molar-refractivity contribution is 0.206. The van der Waals surface area contributed by atoms with Crippen molar-refractivity contribution in [3.63, 3.8) is 0 Å². The predicted octanol–water partition coefficient (Wildman–Crippen LogP) is 4.79. The second-order valence-electron chi connectivity index (χ2n) is 6.01. The highest BCUT2D eigenvalue weighted by atomic mass is 35.5. The molecule has 0 spiro atoms. The molecule has 1 saturated heterocycles. The van der Waals surface area contributed by atoms with Gasteiger partial charge >= 0.3 is 0 Å². The van der Waals surface area contributed by atoms with Crippen LogP contribution in [0.25, 0.3) is 0 Å². The Bertz CT molecular complexity index is 398. The molecule has 1 heterocycles. The minimum atomic E-state index is 0.333. The van der Waals surface area contributed by atoms with Gasteiger partial charge in [-0.15, -0.1) is 0 Å². The maximum atomic E-state index is 6.17. The average Bonchev–Trinajstić information content (AvgIpc) is 2.37. The molecule has 1 aliphatic rings. The van der Waals surface area contributed by atoms with Crippen LogP contribution in [0, 0.1) is 5.92 Å². The second-order valence-corrected chi connectivity index (χ2v) is 6.45. The van der Waals surface area contributed by atoms with E-state index in [-0.39, 0.29) is 0 Å². The van der Waals surface area contributed by atoms with Gasteiger partial charge in [0.05, 0.1) is 0 Å². The molecule has 0 aliphatic carbocycles. The summed E-state index contributed by atoms with van der Waals surface area (Å²) in [4.78, 5) is 0. The summed E-state index contributed by atoms with van der Waals surface area (Å²) in [6.07, 6.45) is 6.63. The number of hydrogen-bond donors (Lipinski definition) is 1. The van der Waals surface area contributed by atoms with Gasteiger partial charge in [-0.05, 0) is 30.0 Å². The van der Waals surface area contributed by atoms with Gasteiger partial charge in [-0.3, -0.25) is 0 Å². The van der Waals surface area contributed by atoms with E-state index in [2.05, 4.69) is 37.4 Å². The van der Waals surface area contributed by atoms with E-state index >= 15 is 0 Å². The molecule has 1 aliphatic heterocycles. The second kappa shape index (κ2) is 6.76. The van der Waals surface area contributed by atoms with Crippen molar-refractivity contribution < 1.29 is 0 Å². The molecule has 0 radical (unpaired) electrons. The highest BCUT2D eigenvalue weighted by Crippen LogP contribution is 2.38. The third-order valence-corrected chi connectivity index (χ3v) is 4.82. The molecule has 1 fully saturated rings. The quantitative estimate of drug-likeness (QED) is 0.757. The molecule has 1 unspecified atom stereocenters. The summed E-state index contributed by atoms with van der Waals surface area (Å²) in [5.41, 5.74) is 1.76. The van der Waals surface area contributed by atoms with Gasteiger partial charge in [-0.25, -0.2) is 0 Å². The predicted molar refractivity (Wildman–Crippen MR) is 83.9 cm³/mol. The van der Waals surface area contributed by atoms with E-state index in [1.165, 1.54) is 37.7 Å². The van der Waals surface area contributed by atoms with Crippen LogP contribution in [0.15, 0.2) is 24.3 Å². The zero-order valence-electron chi connectivity index (χ0n) is 12.2. The average molecular weight is 280 g/mol. The van der Waals surface area contributed by atoms with E-state index in [1.54, 1.807) is 0 Å². The molecule has 1 aromatic carbocycles. The monoisotopic (exact) mass is 279 g/mol. The fourth-order valence-corrected chi connectivity index (χ4v) is 3.40. The Morgan fingerprint density at radius 3 is 2.63 bits per heavy atom. The Kier molecular flexibility index (Phi) is 5.29. The molecule has 2 rings (SSSR count). The van der Waals surface area contributed by atoms with Gasteiger partial charge < -0.3 is 5.32 Å². The van der Waals surface area contributed by atoms with Crippen molar-refractivity contribution in [3.05, 3.63) is 34.9 Å². The Morgan fingerprint density at radius 1 is 1.32 bits per heavy atom. The first kappa shape index (κ1) is 14.9. The molecule has 0 aromatic heterocycles. The van der Waals surface area contributed by atoms with Crippen molar-refractivity contribution in [1.82, 2.24) is 5.32 Å². The summed E-state index contributed by atoms with van der Waals surface area (Å²) in [6.45, 7) is 6.83. The smallest absolute Gasteiger partial charge is 0.0408 e. The molecule has 1 N–H and O–H groups in total. The van der Waals surface area contributed by atoms with Crippen LogP contribution in [0.5, 0.6) is 0 Å². The van der Waals surface area contributed by atoms with Crippen LogP contribution in [0.3, 0.4) is 0 Å². The number of halogens is 1. The maximum absolute atomic E-state index is 6.17. The van der Waals surface area contributed by atoms with Gasteiger partial charge in [0, 0.05) is 23.5 Å². The van der Waals surface area contributed by atoms with E-state index in [1.807, 2.05) is 6.07 Å². The molecule has 19 heavy (non-hydrogen) atoms. The molecular weight excluding hydrogens is 254 g/mol. The van der Waals surface area contributed by atoms with Crippen LogP contribution in [0.4, 0.5) is 0 Å². The van der Waals surface area contributed by atoms with Crippen molar-refractivity contribution in [2.75, 3.05) is 13.1 Å².